The largest absolute Gasteiger partial charge is 0.302 e. The lowest BCUT2D eigenvalue weighted by atomic mass is 9.85. The third kappa shape index (κ3) is 1.94. The first-order valence-corrected chi connectivity index (χ1v) is 4.20. The molecular weight excluding hydrogens is 167 g/mol. The standard InChI is InChI=1S/C11H13FO/c1-8-4-5-10(12)9(6-8)11(2,3)7-13/h4-7H,1-3H3. The van der Waals surface area contributed by atoms with E-state index in [9.17, 15) is 9.18 Å². The fourth-order valence-electron chi connectivity index (χ4n) is 1.20. The SMILES string of the molecule is Cc1ccc(F)c(C(C)(C)C=O)c1. The zero-order chi connectivity index (χ0) is 10.1. The second-order valence-electron chi connectivity index (χ2n) is 3.82. The van der Waals surface area contributed by atoms with Crippen LogP contribution in [0, 0.1) is 12.7 Å². The molecule has 0 bridgehead atoms. The van der Waals surface area contributed by atoms with Crippen molar-refractivity contribution in [1.29, 1.82) is 0 Å². The van der Waals surface area contributed by atoms with Crippen LogP contribution in [0.4, 0.5) is 4.39 Å². The van der Waals surface area contributed by atoms with Gasteiger partial charge in [0.05, 0.1) is 0 Å². The van der Waals surface area contributed by atoms with Crippen LogP contribution < -0.4 is 0 Å². The Labute approximate surface area is 77.6 Å². The van der Waals surface area contributed by atoms with Gasteiger partial charge < -0.3 is 4.79 Å². The molecule has 0 spiro atoms. The highest BCUT2D eigenvalue weighted by Gasteiger charge is 2.23. The van der Waals surface area contributed by atoms with Crippen LogP contribution in [0.25, 0.3) is 0 Å². The maximum Gasteiger partial charge on any atom is 0.130 e. The normalized spacial score (nSPS) is 11.4. The van der Waals surface area contributed by atoms with E-state index in [1.165, 1.54) is 6.07 Å². The third-order valence-electron chi connectivity index (χ3n) is 2.11. The number of aldehydes is 1. The maximum absolute atomic E-state index is 13.3. The van der Waals surface area contributed by atoms with Crippen molar-refractivity contribution >= 4 is 6.29 Å². The molecule has 0 aliphatic carbocycles. The molecule has 0 radical (unpaired) electrons. The predicted octanol–water partition coefficient (Wildman–Crippen LogP) is 2.61. The first-order chi connectivity index (χ1) is 5.97. The molecule has 0 saturated heterocycles. The van der Waals surface area contributed by atoms with Gasteiger partial charge in [0.25, 0.3) is 0 Å². The van der Waals surface area contributed by atoms with E-state index in [0.29, 0.717) is 5.56 Å². The maximum atomic E-state index is 13.3. The number of halogens is 1. The average Bonchev–Trinajstić information content (AvgIpc) is 2.09. The van der Waals surface area contributed by atoms with E-state index in [0.717, 1.165) is 11.8 Å². The molecule has 70 valence electrons. The molecular formula is C11H13FO. The van der Waals surface area contributed by atoms with Crippen molar-refractivity contribution in [3.63, 3.8) is 0 Å². The number of rotatable bonds is 2. The summed E-state index contributed by atoms with van der Waals surface area (Å²) < 4.78 is 13.3. The lowest BCUT2D eigenvalue weighted by Crippen LogP contribution is -2.20. The predicted molar refractivity (Wildman–Crippen MR) is 50.2 cm³/mol. The second-order valence-corrected chi connectivity index (χ2v) is 3.82. The van der Waals surface area contributed by atoms with Gasteiger partial charge in [-0.05, 0) is 26.8 Å². The summed E-state index contributed by atoms with van der Waals surface area (Å²) >= 11 is 0. The van der Waals surface area contributed by atoms with Crippen molar-refractivity contribution in [2.24, 2.45) is 0 Å². The van der Waals surface area contributed by atoms with E-state index in [1.807, 2.05) is 6.92 Å². The van der Waals surface area contributed by atoms with Gasteiger partial charge in [0.15, 0.2) is 0 Å². The van der Waals surface area contributed by atoms with Crippen LogP contribution in [0.15, 0.2) is 18.2 Å². The van der Waals surface area contributed by atoms with Gasteiger partial charge in [-0.25, -0.2) is 4.39 Å². The summed E-state index contributed by atoms with van der Waals surface area (Å²) in [6.45, 7) is 5.29. The Morgan fingerprint density at radius 1 is 1.38 bits per heavy atom. The summed E-state index contributed by atoms with van der Waals surface area (Å²) in [5.74, 6) is -0.317. The highest BCUT2D eigenvalue weighted by atomic mass is 19.1. The Hall–Kier alpha value is -1.18. The van der Waals surface area contributed by atoms with Crippen LogP contribution in [0.2, 0.25) is 0 Å². The van der Waals surface area contributed by atoms with Crippen molar-refractivity contribution in [2.75, 3.05) is 0 Å². The molecule has 13 heavy (non-hydrogen) atoms. The number of hydrogen-bond acceptors (Lipinski definition) is 1. The quantitative estimate of drug-likeness (QED) is 0.639. The van der Waals surface area contributed by atoms with Gasteiger partial charge in [0.1, 0.15) is 12.1 Å². The van der Waals surface area contributed by atoms with E-state index in [1.54, 1.807) is 26.0 Å². The summed E-state index contributed by atoms with van der Waals surface area (Å²) in [6.07, 6.45) is 0.769. The topological polar surface area (TPSA) is 17.1 Å². The Bertz CT molecular complexity index is 329. The molecule has 0 atom stereocenters. The van der Waals surface area contributed by atoms with Crippen LogP contribution in [0.1, 0.15) is 25.0 Å². The molecule has 1 aromatic rings. The Kier molecular flexibility index (Phi) is 2.50. The molecule has 0 aliphatic rings. The molecule has 0 saturated carbocycles. The van der Waals surface area contributed by atoms with E-state index < -0.39 is 5.41 Å². The van der Waals surface area contributed by atoms with Gasteiger partial charge in [0, 0.05) is 11.0 Å². The zero-order valence-corrected chi connectivity index (χ0v) is 8.10. The molecule has 1 nitrogen and oxygen atoms in total. The van der Waals surface area contributed by atoms with Gasteiger partial charge in [-0.1, -0.05) is 17.7 Å². The Morgan fingerprint density at radius 3 is 2.54 bits per heavy atom. The number of carbonyl (C=O) groups excluding carboxylic acids is 1. The number of benzene rings is 1. The second kappa shape index (κ2) is 3.29. The van der Waals surface area contributed by atoms with E-state index >= 15 is 0 Å². The molecule has 0 amide bonds. The summed E-state index contributed by atoms with van der Waals surface area (Å²) in [5.41, 5.74) is 0.685. The smallest absolute Gasteiger partial charge is 0.130 e. The minimum atomic E-state index is -0.740. The molecule has 1 rings (SSSR count). The minimum Gasteiger partial charge on any atom is -0.302 e. The zero-order valence-electron chi connectivity index (χ0n) is 8.10. The fourth-order valence-corrected chi connectivity index (χ4v) is 1.20. The first-order valence-electron chi connectivity index (χ1n) is 4.20. The minimum absolute atomic E-state index is 0.317. The highest BCUT2D eigenvalue weighted by Crippen LogP contribution is 2.24. The van der Waals surface area contributed by atoms with E-state index in [2.05, 4.69) is 0 Å². The Balaban J connectivity index is 3.28. The van der Waals surface area contributed by atoms with Gasteiger partial charge in [-0.15, -0.1) is 0 Å². The van der Waals surface area contributed by atoms with Crippen LogP contribution >= 0.6 is 0 Å². The molecule has 0 heterocycles. The third-order valence-corrected chi connectivity index (χ3v) is 2.11. The lowest BCUT2D eigenvalue weighted by Gasteiger charge is -2.18. The van der Waals surface area contributed by atoms with E-state index in [-0.39, 0.29) is 5.82 Å². The monoisotopic (exact) mass is 180 g/mol. The molecule has 1 aromatic carbocycles. The van der Waals surface area contributed by atoms with Gasteiger partial charge in [-0.2, -0.15) is 0 Å². The van der Waals surface area contributed by atoms with Crippen LogP contribution in [-0.4, -0.2) is 6.29 Å². The number of carbonyl (C=O) groups is 1. The number of aryl methyl sites for hydroxylation is 1. The molecule has 0 fully saturated rings. The van der Waals surface area contributed by atoms with Crippen molar-refractivity contribution in [1.82, 2.24) is 0 Å². The molecule has 2 heteroatoms. The van der Waals surface area contributed by atoms with Crippen LogP contribution in [-0.2, 0) is 10.2 Å². The van der Waals surface area contributed by atoms with Crippen molar-refractivity contribution in [2.45, 2.75) is 26.2 Å². The van der Waals surface area contributed by atoms with Gasteiger partial charge in [0.2, 0.25) is 0 Å². The summed E-state index contributed by atoms with van der Waals surface area (Å²) in [4.78, 5) is 10.7. The van der Waals surface area contributed by atoms with Crippen molar-refractivity contribution in [3.8, 4) is 0 Å². The van der Waals surface area contributed by atoms with Crippen LogP contribution in [0.5, 0.6) is 0 Å². The Morgan fingerprint density at radius 2 is 2.00 bits per heavy atom. The summed E-state index contributed by atoms with van der Waals surface area (Å²) in [7, 11) is 0. The lowest BCUT2D eigenvalue weighted by molar-refractivity contribution is -0.111. The molecule has 0 unspecified atom stereocenters. The summed E-state index contributed by atoms with van der Waals surface area (Å²) in [6, 6.07) is 4.80. The van der Waals surface area contributed by atoms with Crippen LogP contribution in [0.3, 0.4) is 0 Å². The highest BCUT2D eigenvalue weighted by molar-refractivity contribution is 5.67. The molecule has 0 N–H and O–H groups in total. The van der Waals surface area contributed by atoms with Gasteiger partial charge in [-0.3, -0.25) is 0 Å². The number of hydrogen-bond donors (Lipinski definition) is 0. The molecule has 0 aliphatic heterocycles. The fraction of sp³-hybridized carbons (Fsp3) is 0.364. The average molecular weight is 180 g/mol. The summed E-state index contributed by atoms with van der Waals surface area (Å²) in [5, 5.41) is 0. The van der Waals surface area contributed by atoms with Gasteiger partial charge >= 0.3 is 0 Å². The van der Waals surface area contributed by atoms with Crippen molar-refractivity contribution in [3.05, 3.63) is 35.1 Å². The van der Waals surface area contributed by atoms with E-state index in [4.69, 9.17) is 0 Å². The first kappa shape index (κ1) is 9.90. The van der Waals surface area contributed by atoms with Crippen molar-refractivity contribution < 1.29 is 9.18 Å². The molecule has 0 aromatic heterocycles.